The Kier molecular flexibility index (Phi) is 3.97. The highest BCUT2D eigenvalue weighted by atomic mass is 16.5. The van der Waals surface area contributed by atoms with E-state index >= 15 is 0 Å². The minimum absolute atomic E-state index is 0.0447. The Hall–Kier alpha value is -0.610. The molecule has 1 heterocycles. The molecule has 0 bridgehead atoms. The van der Waals surface area contributed by atoms with Gasteiger partial charge in [0.1, 0.15) is 6.61 Å². The van der Waals surface area contributed by atoms with Crippen molar-refractivity contribution in [3.8, 4) is 0 Å². The summed E-state index contributed by atoms with van der Waals surface area (Å²) in [6.07, 6.45) is 0. The molecule has 0 unspecified atom stereocenters. The van der Waals surface area contributed by atoms with E-state index in [9.17, 15) is 4.79 Å². The number of hydrogen-bond acceptors (Lipinski definition) is 3. The van der Waals surface area contributed by atoms with Crippen molar-refractivity contribution >= 4 is 5.91 Å². The number of rotatable bonds is 2. The van der Waals surface area contributed by atoms with Crippen LogP contribution in [-0.4, -0.2) is 48.3 Å². The molecule has 0 saturated carbocycles. The summed E-state index contributed by atoms with van der Waals surface area (Å²) in [5.41, 5.74) is -0.497. The van der Waals surface area contributed by atoms with Gasteiger partial charge >= 0.3 is 0 Å². The zero-order chi connectivity index (χ0) is 12.4. The van der Waals surface area contributed by atoms with Crippen molar-refractivity contribution in [3.63, 3.8) is 0 Å². The van der Waals surface area contributed by atoms with Crippen molar-refractivity contribution in [2.24, 2.45) is 0 Å². The Morgan fingerprint density at radius 1 is 1.44 bits per heavy atom. The van der Waals surface area contributed by atoms with E-state index < -0.39 is 0 Å². The third-order valence-corrected chi connectivity index (χ3v) is 2.57. The molecule has 0 N–H and O–H groups in total. The molecule has 4 nitrogen and oxygen atoms in total. The van der Waals surface area contributed by atoms with Gasteiger partial charge in [0.25, 0.3) is 0 Å². The molecule has 16 heavy (non-hydrogen) atoms. The summed E-state index contributed by atoms with van der Waals surface area (Å²) in [6, 6.07) is 0. The number of carbonyl (C=O) groups excluding carboxylic acids is 1. The van der Waals surface area contributed by atoms with Crippen molar-refractivity contribution < 1.29 is 14.3 Å². The monoisotopic (exact) mass is 229 g/mol. The lowest BCUT2D eigenvalue weighted by molar-refractivity contribution is -0.155. The summed E-state index contributed by atoms with van der Waals surface area (Å²) in [6.45, 7) is 11.9. The first kappa shape index (κ1) is 13.5. The van der Waals surface area contributed by atoms with E-state index in [4.69, 9.17) is 9.47 Å². The van der Waals surface area contributed by atoms with Gasteiger partial charge in [0.15, 0.2) is 0 Å². The van der Waals surface area contributed by atoms with Crippen LogP contribution in [0.2, 0.25) is 0 Å². The first-order chi connectivity index (χ1) is 7.22. The fourth-order valence-electron chi connectivity index (χ4n) is 1.68. The molecule has 0 aromatic carbocycles. The van der Waals surface area contributed by atoms with Crippen LogP contribution in [0.25, 0.3) is 0 Å². The van der Waals surface area contributed by atoms with Gasteiger partial charge in [-0.2, -0.15) is 0 Å². The Bertz CT molecular complexity index is 255. The molecular weight excluding hydrogens is 206 g/mol. The average molecular weight is 229 g/mol. The molecular formula is C12H23NO3. The highest BCUT2D eigenvalue weighted by Gasteiger charge is 2.34. The smallest absolute Gasteiger partial charge is 0.249 e. The second kappa shape index (κ2) is 4.72. The number of carbonyl (C=O) groups is 1. The van der Waals surface area contributed by atoms with E-state index in [1.165, 1.54) is 0 Å². The van der Waals surface area contributed by atoms with Gasteiger partial charge in [-0.05, 0) is 34.6 Å². The van der Waals surface area contributed by atoms with E-state index in [1.807, 2.05) is 39.5 Å². The fraction of sp³-hybridized carbons (Fsp3) is 0.917. The summed E-state index contributed by atoms with van der Waals surface area (Å²) in [5, 5.41) is 0. The molecule has 1 aliphatic heterocycles. The molecule has 0 radical (unpaired) electrons. The predicted octanol–water partition coefficient (Wildman–Crippen LogP) is 1.44. The molecule has 0 spiro atoms. The molecule has 1 rings (SSSR count). The van der Waals surface area contributed by atoms with Crippen molar-refractivity contribution in [2.45, 2.75) is 45.8 Å². The quantitative estimate of drug-likeness (QED) is 0.719. The van der Waals surface area contributed by atoms with Gasteiger partial charge in [-0.3, -0.25) is 4.79 Å². The lowest BCUT2D eigenvalue weighted by atomic mass is 10.0. The van der Waals surface area contributed by atoms with Crippen LogP contribution in [-0.2, 0) is 14.3 Å². The zero-order valence-electron chi connectivity index (χ0n) is 11.0. The highest BCUT2D eigenvalue weighted by molar-refractivity contribution is 5.78. The van der Waals surface area contributed by atoms with Gasteiger partial charge in [0.05, 0.1) is 24.4 Å². The van der Waals surface area contributed by atoms with Crippen molar-refractivity contribution in [1.29, 1.82) is 0 Å². The van der Waals surface area contributed by atoms with Gasteiger partial charge in [-0.25, -0.2) is 0 Å². The second-order valence-corrected chi connectivity index (χ2v) is 5.81. The summed E-state index contributed by atoms with van der Waals surface area (Å²) < 4.78 is 10.9. The maximum Gasteiger partial charge on any atom is 0.249 e. The van der Waals surface area contributed by atoms with Gasteiger partial charge in [0, 0.05) is 6.54 Å². The molecule has 1 aliphatic rings. The summed E-state index contributed by atoms with van der Waals surface area (Å²) >= 11 is 0. The van der Waals surface area contributed by atoms with Gasteiger partial charge in [0.2, 0.25) is 5.91 Å². The number of nitrogens with zero attached hydrogens (tertiary/aromatic N) is 1. The van der Waals surface area contributed by atoms with E-state index in [-0.39, 0.29) is 23.7 Å². The zero-order valence-corrected chi connectivity index (χ0v) is 11.0. The molecule has 0 aromatic heterocycles. The fourth-order valence-corrected chi connectivity index (χ4v) is 1.68. The number of amides is 1. The molecule has 0 atom stereocenters. The third kappa shape index (κ3) is 3.76. The molecule has 0 aromatic rings. The van der Waals surface area contributed by atoms with Gasteiger partial charge < -0.3 is 14.4 Å². The standard InChI is InChI=1S/C12H23NO3/c1-11(2,3)16-8-10(14)13-6-7-15-9-12(13,4)5/h6-9H2,1-5H3. The van der Waals surface area contributed by atoms with Crippen LogP contribution in [0, 0.1) is 0 Å². The molecule has 1 saturated heterocycles. The van der Waals surface area contributed by atoms with E-state index in [1.54, 1.807) is 0 Å². The summed E-state index contributed by atoms with van der Waals surface area (Å²) in [7, 11) is 0. The summed E-state index contributed by atoms with van der Waals surface area (Å²) in [4.78, 5) is 13.9. The Morgan fingerprint density at radius 2 is 2.06 bits per heavy atom. The lowest BCUT2D eigenvalue weighted by Gasteiger charge is -2.42. The van der Waals surface area contributed by atoms with Gasteiger partial charge in [-0.15, -0.1) is 0 Å². The van der Waals surface area contributed by atoms with E-state index in [0.29, 0.717) is 19.8 Å². The minimum atomic E-state index is -0.272. The third-order valence-electron chi connectivity index (χ3n) is 2.57. The normalized spacial score (nSPS) is 20.9. The predicted molar refractivity (Wildman–Crippen MR) is 62.3 cm³/mol. The minimum Gasteiger partial charge on any atom is -0.377 e. The maximum atomic E-state index is 12.0. The maximum absolute atomic E-state index is 12.0. The van der Waals surface area contributed by atoms with Crippen LogP contribution >= 0.6 is 0 Å². The first-order valence-corrected chi connectivity index (χ1v) is 5.74. The second-order valence-electron chi connectivity index (χ2n) is 5.81. The Balaban J connectivity index is 2.52. The number of ether oxygens (including phenoxy) is 2. The molecule has 4 heteroatoms. The lowest BCUT2D eigenvalue weighted by Crippen LogP contribution is -2.56. The van der Waals surface area contributed by atoms with Crippen LogP contribution in [0.4, 0.5) is 0 Å². The van der Waals surface area contributed by atoms with Crippen molar-refractivity contribution in [3.05, 3.63) is 0 Å². The average Bonchev–Trinajstić information content (AvgIpc) is 2.12. The van der Waals surface area contributed by atoms with Crippen LogP contribution < -0.4 is 0 Å². The number of morpholine rings is 1. The SMILES string of the molecule is CC(C)(C)OCC(=O)N1CCOCC1(C)C. The number of hydrogen-bond donors (Lipinski definition) is 0. The van der Waals surface area contributed by atoms with E-state index in [2.05, 4.69) is 0 Å². The van der Waals surface area contributed by atoms with Crippen LogP contribution in [0.1, 0.15) is 34.6 Å². The molecule has 1 fully saturated rings. The molecule has 0 aliphatic carbocycles. The first-order valence-electron chi connectivity index (χ1n) is 5.74. The van der Waals surface area contributed by atoms with Crippen LogP contribution in [0.5, 0.6) is 0 Å². The molecule has 1 amide bonds. The summed E-state index contributed by atoms with van der Waals surface area (Å²) in [5.74, 6) is 0.0447. The highest BCUT2D eigenvalue weighted by Crippen LogP contribution is 2.19. The largest absolute Gasteiger partial charge is 0.377 e. The van der Waals surface area contributed by atoms with Gasteiger partial charge in [-0.1, -0.05) is 0 Å². The Labute approximate surface area is 97.9 Å². The molecule has 94 valence electrons. The van der Waals surface area contributed by atoms with Crippen LogP contribution in [0.3, 0.4) is 0 Å². The van der Waals surface area contributed by atoms with E-state index in [0.717, 1.165) is 0 Å². The van der Waals surface area contributed by atoms with Crippen molar-refractivity contribution in [1.82, 2.24) is 4.90 Å². The van der Waals surface area contributed by atoms with Crippen molar-refractivity contribution in [2.75, 3.05) is 26.4 Å². The van der Waals surface area contributed by atoms with Crippen LogP contribution in [0.15, 0.2) is 0 Å². The Morgan fingerprint density at radius 3 is 2.56 bits per heavy atom. The topological polar surface area (TPSA) is 38.8 Å².